The molecular formula is C27H34O4. The first kappa shape index (κ1) is 24.4. The van der Waals surface area contributed by atoms with Gasteiger partial charge in [0.2, 0.25) is 0 Å². The molecular weight excluding hydrogens is 388 g/mol. The van der Waals surface area contributed by atoms with Crippen LogP contribution in [-0.4, -0.2) is 29.4 Å². The summed E-state index contributed by atoms with van der Waals surface area (Å²) >= 11 is 0. The van der Waals surface area contributed by atoms with Crippen LogP contribution in [0.1, 0.15) is 59.3 Å². The quantitative estimate of drug-likeness (QED) is 0.456. The van der Waals surface area contributed by atoms with Crippen LogP contribution >= 0.6 is 0 Å². The van der Waals surface area contributed by atoms with E-state index in [2.05, 4.69) is 24.8 Å². The number of hydrogen-bond acceptors (Lipinski definition) is 3. The van der Waals surface area contributed by atoms with Crippen molar-refractivity contribution in [2.45, 2.75) is 59.0 Å². The third kappa shape index (κ3) is 6.83. The van der Waals surface area contributed by atoms with Crippen LogP contribution in [0.2, 0.25) is 0 Å². The Bertz CT molecular complexity index is 941. The maximum absolute atomic E-state index is 12.1. The van der Waals surface area contributed by atoms with Gasteiger partial charge in [0.15, 0.2) is 0 Å². The van der Waals surface area contributed by atoms with Gasteiger partial charge in [0.25, 0.3) is 0 Å². The second kappa shape index (κ2) is 11.5. The minimum atomic E-state index is -0.908. The van der Waals surface area contributed by atoms with E-state index < -0.39 is 12.1 Å². The van der Waals surface area contributed by atoms with Crippen molar-refractivity contribution in [2.75, 3.05) is 7.11 Å². The van der Waals surface area contributed by atoms with Crippen LogP contribution in [0.15, 0.2) is 60.2 Å². The number of rotatable bonds is 11. The number of ether oxygens (including phenoxy) is 1. The minimum Gasteiger partial charge on any atom is -0.496 e. The van der Waals surface area contributed by atoms with Crippen molar-refractivity contribution in [1.82, 2.24) is 0 Å². The summed E-state index contributed by atoms with van der Waals surface area (Å²) in [7, 11) is 1.62. The number of benzene rings is 2. The van der Waals surface area contributed by atoms with E-state index in [4.69, 9.17) is 4.74 Å². The summed E-state index contributed by atoms with van der Waals surface area (Å²) in [6, 6.07) is 11.9. The molecule has 4 nitrogen and oxygen atoms in total. The zero-order valence-electron chi connectivity index (χ0n) is 19.1. The van der Waals surface area contributed by atoms with Crippen LogP contribution < -0.4 is 4.74 Å². The topological polar surface area (TPSA) is 66.8 Å². The molecule has 4 heteroatoms. The average Bonchev–Trinajstić information content (AvgIpc) is 2.74. The van der Waals surface area contributed by atoms with Crippen LogP contribution in [0.25, 0.3) is 0 Å². The van der Waals surface area contributed by atoms with Gasteiger partial charge in [-0.05, 0) is 75.6 Å². The van der Waals surface area contributed by atoms with Crippen LogP contribution in [-0.2, 0) is 19.3 Å². The highest BCUT2D eigenvalue weighted by Gasteiger charge is 2.20. The fourth-order valence-electron chi connectivity index (χ4n) is 3.74. The number of carboxylic acid groups (broad SMARTS) is 1. The Morgan fingerprint density at radius 2 is 1.87 bits per heavy atom. The van der Waals surface area contributed by atoms with Gasteiger partial charge in [-0.3, -0.25) is 0 Å². The average molecular weight is 423 g/mol. The number of hydrogen-bond donors (Lipinski definition) is 2. The lowest BCUT2D eigenvalue weighted by molar-refractivity contribution is 0.0694. The molecule has 0 spiro atoms. The van der Waals surface area contributed by atoms with Crippen molar-refractivity contribution in [3.8, 4) is 5.75 Å². The van der Waals surface area contributed by atoms with Crippen molar-refractivity contribution in [3.05, 3.63) is 88.0 Å². The molecule has 0 aliphatic heterocycles. The smallest absolute Gasteiger partial charge is 0.336 e. The Morgan fingerprint density at radius 1 is 1.19 bits per heavy atom. The summed E-state index contributed by atoms with van der Waals surface area (Å²) in [6.45, 7) is 9.50. The second-order valence-electron chi connectivity index (χ2n) is 8.16. The fourth-order valence-corrected chi connectivity index (χ4v) is 3.74. The standard InChI is InChI=1S/C27H34O4/c1-18(2)24(28)16-12-19(3)11-15-23-20(4)26(27(29)30)22(17-25(23)31-5)14-13-21-9-7-6-8-10-21/h6-11,17,24,28H,1,12-16H2,2-5H3,(H,29,30)/b19-11+/t24-/m0/s1. The summed E-state index contributed by atoms with van der Waals surface area (Å²) in [5, 5.41) is 19.8. The molecule has 2 aromatic rings. The normalized spacial score (nSPS) is 12.5. The fraction of sp³-hybridized carbons (Fsp3) is 0.370. The molecule has 0 saturated carbocycles. The lowest BCUT2D eigenvalue weighted by Gasteiger charge is -2.17. The third-order valence-electron chi connectivity index (χ3n) is 5.75. The van der Waals surface area contributed by atoms with Crippen molar-refractivity contribution < 1.29 is 19.7 Å². The maximum Gasteiger partial charge on any atom is 0.336 e. The lowest BCUT2D eigenvalue weighted by atomic mass is 9.90. The second-order valence-corrected chi connectivity index (χ2v) is 8.16. The molecule has 0 radical (unpaired) electrons. The van der Waals surface area contributed by atoms with E-state index in [1.165, 1.54) is 5.56 Å². The molecule has 31 heavy (non-hydrogen) atoms. The molecule has 0 fully saturated rings. The van der Waals surface area contributed by atoms with Crippen LogP contribution in [0.3, 0.4) is 0 Å². The predicted octanol–water partition coefficient (Wildman–Crippen LogP) is 5.69. The number of methoxy groups -OCH3 is 1. The number of allylic oxidation sites excluding steroid dienone is 2. The summed E-state index contributed by atoms with van der Waals surface area (Å²) in [5.41, 5.74) is 5.89. The predicted molar refractivity (Wildman–Crippen MR) is 126 cm³/mol. The molecule has 0 unspecified atom stereocenters. The third-order valence-corrected chi connectivity index (χ3v) is 5.75. The first-order valence-corrected chi connectivity index (χ1v) is 10.7. The Kier molecular flexibility index (Phi) is 9.07. The van der Waals surface area contributed by atoms with Gasteiger partial charge in [0.1, 0.15) is 5.75 Å². The van der Waals surface area contributed by atoms with E-state index in [1.807, 2.05) is 45.0 Å². The van der Waals surface area contributed by atoms with Crippen molar-refractivity contribution in [2.24, 2.45) is 0 Å². The van der Waals surface area contributed by atoms with E-state index in [-0.39, 0.29) is 0 Å². The number of aliphatic hydroxyl groups excluding tert-OH is 1. The molecule has 2 rings (SSSR count). The maximum atomic E-state index is 12.1. The molecule has 0 heterocycles. The minimum absolute atomic E-state index is 0.371. The lowest BCUT2D eigenvalue weighted by Crippen LogP contribution is -2.10. The number of aromatic carboxylic acids is 1. The molecule has 0 bridgehead atoms. The molecule has 0 aliphatic rings. The van der Waals surface area contributed by atoms with Gasteiger partial charge >= 0.3 is 5.97 Å². The van der Waals surface area contributed by atoms with Crippen molar-refractivity contribution in [1.29, 1.82) is 0 Å². The van der Waals surface area contributed by atoms with E-state index in [0.29, 0.717) is 24.8 Å². The Hall–Kier alpha value is -2.85. The first-order chi connectivity index (χ1) is 14.7. The summed E-state index contributed by atoms with van der Waals surface area (Å²) in [5.74, 6) is -0.189. The van der Waals surface area contributed by atoms with Crippen LogP contribution in [0.5, 0.6) is 5.75 Å². The van der Waals surface area contributed by atoms with Gasteiger partial charge in [0.05, 0.1) is 18.8 Å². The largest absolute Gasteiger partial charge is 0.496 e. The van der Waals surface area contributed by atoms with Gasteiger partial charge in [0, 0.05) is 5.56 Å². The molecule has 166 valence electrons. The highest BCUT2D eigenvalue weighted by atomic mass is 16.5. The first-order valence-electron chi connectivity index (χ1n) is 10.7. The highest BCUT2D eigenvalue weighted by molar-refractivity contribution is 5.92. The Balaban J connectivity index is 2.27. The Labute approximate surface area is 185 Å². The van der Waals surface area contributed by atoms with Gasteiger partial charge in [-0.1, -0.05) is 54.1 Å². The number of aryl methyl sites for hydroxylation is 2. The number of carboxylic acids is 1. The van der Waals surface area contributed by atoms with E-state index in [0.717, 1.165) is 46.4 Å². The van der Waals surface area contributed by atoms with E-state index in [9.17, 15) is 15.0 Å². The highest BCUT2D eigenvalue weighted by Crippen LogP contribution is 2.31. The van der Waals surface area contributed by atoms with Crippen molar-refractivity contribution >= 4 is 5.97 Å². The van der Waals surface area contributed by atoms with Gasteiger partial charge in [-0.25, -0.2) is 4.79 Å². The SMILES string of the molecule is C=C(C)[C@@H](O)CC/C(C)=C/Cc1c(OC)cc(CCc2ccccc2)c(C(=O)O)c1C. The van der Waals surface area contributed by atoms with E-state index >= 15 is 0 Å². The molecule has 2 aromatic carbocycles. The molecule has 0 amide bonds. The van der Waals surface area contributed by atoms with Gasteiger partial charge < -0.3 is 14.9 Å². The summed E-state index contributed by atoms with van der Waals surface area (Å²) in [6.07, 6.45) is 4.98. The molecule has 2 N–H and O–H groups in total. The molecule has 1 atom stereocenters. The number of aliphatic hydroxyl groups is 1. The number of carbonyl (C=O) groups is 1. The molecule has 0 aromatic heterocycles. The summed E-state index contributed by atoms with van der Waals surface area (Å²) in [4.78, 5) is 12.1. The van der Waals surface area contributed by atoms with Crippen LogP contribution in [0.4, 0.5) is 0 Å². The molecule has 0 aliphatic carbocycles. The van der Waals surface area contributed by atoms with Gasteiger partial charge in [-0.2, -0.15) is 0 Å². The van der Waals surface area contributed by atoms with Gasteiger partial charge in [-0.15, -0.1) is 0 Å². The zero-order chi connectivity index (χ0) is 23.0. The molecule has 0 saturated heterocycles. The zero-order valence-corrected chi connectivity index (χ0v) is 19.1. The Morgan fingerprint density at radius 3 is 2.45 bits per heavy atom. The van der Waals surface area contributed by atoms with Crippen molar-refractivity contribution in [3.63, 3.8) is 0 Å². The van der Waals surface area contributed by atoms with Crippen LogP contribution in [0, 0.1) is 6.92 Å². The summed E-state index contributed by atoms with van der Waals surface area (Å²) < 4.78 is 5.64. The monoisotopic (exact) mass is 422 g/mol. The van der Waals surface area contributed by atoms with E-state index in [1.54, 1.807) is 7.11 Å².